The molecule has 0 saturated carbocycles. The standard InChI is InChI=1S/C20H25N3O2.ClH/c1-16-3-4-19(13-17(16)2)25-15-20(24)23-11-9-22(10-12-23)14-18-5-7-21-8-6-18;/h3-8,13H,9-12,14-15H2,1-2H3;1H. The highest BCUT2D eigenvalue weighted by atomic mass is 35.5. The molecule has 1 fully saturated rings. The molecule has 0 bridgehead atoms. The quantitative estimate of drug-likeness (QED) is 0.806. The van der Waals surface area contributed by atoms with Crippen LogP contribution in [0.4, 0.5) is 0 Å². The second-order valence-electron chi connectivity index (χ2n) is 6.55. The molecular formula is C20H26ClN3O2. The van der Waals surface area contributed by atoms with Gasteiger partial charge in [-0.1, -0.05) is 6.07 Å². The maximum absolute atomic E-state index is 12.4. The molecular weight excluding hydrogens is 350 g/mol. The Morgan fingerprint density at radius 3 is 2.38 bits per heavy atom. The van der Waals surface area contributed by atoms with Crippen LogP contribution in [0.3, 0.4) is 0 Å². The second-order valence-corrected chi connectivity index (χ2v) is 6.55. The summed E-state index contributed by atoms with van der Waals surface area (Å²) in [6, 6.07) is 9.99. The van der Waals surface area contributed by atoms with Crippen LogP contribution < -0.4 is 4.74 Å². The van der Waals surface area contributed by atoms with Crippen molar-refractivity contribution in [1.29, 1.82) is 0 Å². The van der Waals surface area contributed by atoms with Crippen molar-refractivity contribution in [2.75, 3.05) is 32.8 Å². The van der Waals surface area contributed by atoms with E-state index in [0.29, 0.717) is 0 Å². The molecule has 5 nitrogen and oxygen atoms in total. The molecule has 0 aliphatic carbocycles. The number of carbonyl (C=O) groups is 1. The third kappa shape index (κ3) is 5.44. The summed E-state index contributed by atoms with van der Waals surface area (Å²) >= 11 is 0. The molecule has 0 spiro atoms. The van der Waals surface area contributed by atoms with Gasteiger partial charge in [-0.15, -0.1) is 12.4 Å². The van der Waals surface area contributed by atoms with Gasteiger partial charge in [0.1, 0.15) is 5.75 Å². The SMILES string of the molecule is Cc1ccc(OCC(=O)N2CCN(Cc3ccncc3)CC2)cc1C.Cl. The van der Waals surface area contributed by atoms with Crippen molar-refractivity contribution in [2.24, 2.45) is 0 Å². The summed E-state index contributed by atoms with van der Waals surface area (Å²) < 4.78 is 5.67. The van der Waals surface area contributed by atoms with Crippen LogP contribution in [0.15, 0.2) is 42.7 Å². The number of nitrogens with zero attached hydrogens (tertiary/aromatic N) is 3. The zero-order valence-electron chi connectivity index (χ0n) is 15.4. The number of aryl methyl sites for hydroxylation is 2. The van der Waals surface area contributed by atoms with Crippen LogP contribution in [-0.4, -0.2) is 53.5 Å². The minimum absolute atomic E-state index is 0. The van der Waals surface area contributed by atoms with Gasteiger partial charge in [-0.05, 0) is 54.8 Å². The molecule has 6 heteroatoms. The fraction of sp³-hybridized carbons (Fsp3) is 0.400. The van der Waals surface area contributed by atoms with E-state index in [1.807, 2.05) is 54.5 Å². The van der Waals surface area contributed by atoms with E-state index in [-0.39, 0.29) is 24.9 Å². The number of carbonyl (C=O) groups excluding carboxylic acids is 1. The first-order chi connectivity index (χ1) is 12.1. The largest absolute Gasteiger partial charge is 0.484 e. The molecule has 26 heavy (non-hydrogen) atoms. The molecule has 140 valence electrons. The molecule has 0 atom stereocenters. The molecule has 1 aliphatic heterocycles. The Hall–Kier alpha value is -2.11. The van der Waals surface area contributed by atoms with Crippen LogP contribution >= 0.6 is 12.4 Å². The first-order valence-electron chi connectivity index (χ1n) is 8.71. The average molecular weight is 376 g/mol. The summed E-state index contributed by atoms with van der Waals surface area (Å²) in [6.45, 7) is 8.40. The maximum Gasteiger partial charge on any atom is 0.260 e. The molecule has 1 saturated heterocycles. The Balaban J connectivity index is 0.00000243. The summed E-state index contributed by atoms with van der Waals surface area (Å²) in [5.74, 6) is 0.814. The van der Waals surface area contributed by atoms with Crippen LogP contribution in [0.2, 0.25) is 0 Å². The van der Waals surface area contributed by atoms with Gasteiger partial charge in [0.15, 0.2) is 6.61 Å². The normalized spacial score (nSPS) is 14.6. The highest BCUT2D eigenvalue weighted by Gasteiger charge is 2.21. The van der Waals surface area contributed by atoms with Gasteiger partial charge in [0.25, 0.3) is 5.91 Å². The fourth-order valence-corrected chi connectivity index (χ4v) is 2.94. The van der Waals surface area contributed by atoms with E-state index < -0.39 is 0 Å². The van der Waals surface area contributed by atoms with Crippen LogP contribution in [0, 0.1) is 13.8 Å². The molecule has 1 amide bonds. The molecule has 2 aromatic rings. The van der Waals surface area contributed by atoms with Crippen molar-refractivity contribution in [1.82, 2.24) is 14.8 Å². The van der Waals surface area contributed by atoms with Crippen molar-refractivity contribution >= 4 is 18.3 Å². The van der Waals surface area contributed by atoms with Crippen molar-refractivity contribution in [3.05, 3.63) is 59.4 Å². The second kappa shape index (κ2) is 9.55. The molecule has 1 aliphatic rings. The van der Waals surface area contributed by atoms with Gasteiger partial charge >= 0.3 is 0 Å². The van der Waals surface area contributed by atoms with E-state index in [1.165, 1.54) is 16.7 Å². The highest BCUT2D eigenvalue weighted by molar-refractivity contribution is 5.85. The summed E-state index contributed by atoms with van der Waals surface area (Å²) in [6.07, 6.45) is 3.64. The van der Waals surface area contributed by atoms with E-state index in [1.54, 1.807) is 0 Å². The van der Waals surface area contributed by atoms with Crippen LogP contribution in [0.25, 0.3) is 0 Å². The van der Waals surface area contributed by atoms with Crippen LogP contribution in [0.5, 0.6) is 5.75 Å². The number of halogens is 1. The van der Waals surface area contributed by atoms with E-state index in [2.05, 4.69) is 16.8 Å². The van der Waals surface area contributed by atoms with Gasteiger partial charge in [0.2, 0.25) is 0 Å². The predicted molar refractivity (Wildman–Crippen MR) is 105 cm³/mol. The Morgan fingerprint density at radius 2 is 1.73 bits per heavy atom. The van der Waals surface area contributed by atoms with Crippen molar-refractivity contribution in [3.8, 4) is 5.75 Å². The first kappa shape index (κ1) is 20.2. The third-order valence-electron chi connectivity index (χ3n) is 4.72. The van der Waals surface area contributed by atoms with Gasteiger partial charge in [-0.3, -0.25) is 14.7 Å². The zero-order chi connectivity index (χ0) is 17.6. The van der Waals surface area contributed by atoms with E-state index in [0.717, 1.165) is 38.5 Å². The molecule has 0 N–H and O–H groups in total. The number of piperazine rings is 1. The van der Waals surface area contributed by atoms with Crippen molar-refractivity contribution < 1.29 is 9.53 Å². The number of rotatable bonds is 5. The molecule has 1 aromatic carbocycles. The zero-order valence-corrected chi connectivity index (χ0v) is 16.2. The molecule has 2 heterocycles. The van der Waals surface area contributed by atoms with Gasteiger partial charge in [-0.25, -0.2) is 0 Å². The minimum atomic E-state index is 0. The van der Waals surface area contributed by atoms with Crippen molar-refractivity contribution in [2.45, 2.75) is 20.4 Å². The smallest absolute Gasteiger partial charge is 0.260 e. The Labute approximate surface area is 161 Å². The van der Waals surface area contributed by atoms with Crippen LogP contribution in [-0.2, 0) is 11.3 Å². The van der Waals surface area contributed by atoms with Gasteiger partial charge in [-0.2, -0.15) is 0 Å². The monoisotopic (exact) mass is 375 g/mol. The Morgan fingerprint density at radius 1 is 1.04 bits per heavy atom. The summed E-state index contributed by atoms with van der Waals surface area (Å²) in [5.41, 5.74) is 3.66. The molecule has 1 aromatic heterocycles. The van der Waals surface area contributed by atoms with Gasteiger partial charge in [0.05, 0.1) is 0 Å². The lowest BCUT2D eigenvalue weighted by molar-refractivity contribution is -0.135. The lowest BCUT2D eigenvalue weighted by atomic mass is 10.1. The lowest BCUT2D eigenvalue weighted by Crippen LogP contribution is -2.49. The highest BCUT2D eigenvalue weighted by Crippen LogP contribution is 2.16. The average Bonchev–Trinajstić information content (AvgIpc) is 2.64. The lowest BCUT2D eigenvalue weighted by Gasteiger charge is -2.34. The number of hydrogen-bond donors (Lipinski definition) is 0. The first-order valence-corrected chi connectivity index (χ1v) is 8.71. The molecule has 3 rings (SSSR count). The topological polar surface area (TPSA) is 45.7 Å². The number of hydrogen-bond acceptors (Lipinski definition) is 4. The summed E-state index contributed by atoms with van der Waals surface area (Å²) in [7, 11) is 0. The number of benzene rings is 1. The Kier molecular flexibility index (Phi) is 7.42. The van der Waals surface area contributed by atoms with Crippen molar-refractivity contribution in [3.63, 3.8) is 0 Å². The minimum Gasteiger partial charge on any atom is -0.484 e. The molecule has 0 unspecified atom stereocenters. The van der Waals surface area contributed by atoms with E-state index in [4.69, 9.17) is 4.74 Å². The number of aromatic nitrogens is 1. The van der Waals surface area contributed by atoms with E-state index >= 15 is 0 Å². The fourth-order valence-electron chi connectivity index (χ4n) is 2.94. The number of ether oxygens (including phenoxy) is 1. The van der Waals surface area contributed by atoms with E-state index in [9.17, 15) is 4.79 Å². The third-order valence-corrected chi connectivity index (χ3v) is 4.72. The van der Waals surface area contributed by atoms with Crippen LogP contribution in [0.1, 0.15) is 16.7 Å². The number of pyridine rings is 1. The van der Waals surface area contributed by atoms with Gasteiger partial charge in [0, 0.05) is 45.1 Å². The van der Waals surface area contributed by atoms with Gasteiger partial charge < -0.3 is 9.64 Å². The summed E-state index contributed by atoms with van der Waals surface area (Å²) in [4.78, 5) is 20.7. The number of amides is 1. The maximum atomic E-state index is 12.4. The molecule has 0 radical (unpaired) electrons. The Bertz CT molecular complexity index is 716. The predicted octanol–water partition coefficient (Wildman–Crippen LogP) is 2.84. The summed E-state index contributed by atoms with van der Waals surface area (Å²) in [5, 5.41) is 0.